The van der Waals surface area contributed by atoms with E-state index in [0.717, 1.165) is 100 Å². The van der Waals surface area contributed by atoms with Crippen molar-refractivity contribution in [3.63, 3.8) is 0 Å². The van der Waals surface area contributed by atoms with Gasteiger partial charge in [0.25, 0.3) is 0 Å². The lowest BCUT2D eigenvalue weighted by atomic mass is 9.88. The van der Waals surface area contributed by atoms with Gasteiger partial charge in [-0.05, 0) is 74.2 Å². The predicted octanol–water partition coefficient (Wildman–Crippen LogP) is 5.79. The highest BCUT2D eigenvalue weighted by atomic mass is 16.5. The van der Waals surface area contributed by atoms with Crippen molar-refractivity contribution >= 4 is 11.6 Å². The molecule has 8 nitrogen and oxygen atoms in total. The van der Waals surface area contributed by atoms with Gasteiger partial charge in [-0.2, -0.15) is 0 Å². The van der Waals surface area contributed by atoms with Crippen molar-refractivity contribution in [2.45, 2.75) is 52.4 Å². The Balaban J connectivity index is 1.38. The molecule has 242 valence electrons. The van der Waals surface area contributed by atoms with Gasteiger partial charge in [0.1, 0.15) is 11.5 Å². The van der Waals surface area contributed by atoms with Crippen LogP contribution in [0.3, 0.4) is 0 Å². The summed E-state index contributed by atoms with van der Waals surface area (Å²) in [4.78, 5) is 32.2. The minimum Gasteiger partial charge on any atom is -0.494 e. The molecular formula is C36H52N2O6. The summed E-state index contributed by atoms with van der Waals surface area (Å²) in [6, 6.07) is 15.2. The van der Waals surface area contributed by atoms with Crippen molar-refractivity contribution in [2.75, 3.05) is 78.9 Å². The van der Waals surface area contributed by atoms with E-state index in [9.17, 15) is 9.59 Å². The first-order valence-corrected chi connectivity index (χ1v) is 16.7. The summed E-state index contributed by atoms with van der Waals surface area (Å²) >= 11 is 0. The maximum Gasteiger partial charge on any atom is 0.167 e. The maximum absolute atomic E-state index is 13.7. The van der Waals surface area contributed by atoms with Crippen molar-refractivity contribution < 1.29 is 28.5 Å². The minimum atomic E-state index is -0.0976. The lowest BCUT2D eigenvalue weighted by Gasteiger charge is -2.31. The van der Waals surface area contributed by atoms with Crippen LogP contribution in [0.5, 0.6) is 11.5 Å². The Morgan fingerprint density at radius 2 is 1.00 bits per heavy atom. The number of ketones is 2. The van der Waals surface area contributed by atoms with Crippen LogP contribution >= 0.6 is 0 Å². The monoisotopic (exact) mass is 608 g/mol. The third-order valence-corrected chi connectivity index (χ3v) is 8.48. The first kappa shape index (κ1) is 34.1. The van der Waals surface area contributed by atoms with Crippen LogP contribution in [0.2, 0.25) is 0 Å². The first-order valence-electron chi connectivity index (χ1n) is 16.7. The number of unbranched alkanes of at least 4 members (excludes halogenated alkanes) is 1. The predicted molar refractivity (Wildman–Crippen MR) is 173 cm³/mol. The Morgan fingerprint density at radius 3 is 1.34 bits per heavy atom. The number of hydrogen-bond acceptors (Lipinski definition) is 8. The highest BCUT2D eigenvalue weighted by molar-refractivity contribution is 5.98. The molecule has 44 heavy (non-hydrogen) atoms. The van der Waals surface area contributed by atoms with Gasteiger partial charge in [-0.1, -0.05) is 26.7 Å². The zero-order chi connectivity index (χ0) is 31.0. The molecule has 2 aromatic carbocycles. The van der Waals surface area contributed by atoms with Crippen molar-refractivity contribution in [3.8, 4) is 11.5 Å². The fourth-order valence-electron chi connectivity index (χ4n) is 5.92. The summed E-state index contributed by atoms with van der Waals surface area (Å²) in [5, 5.41) is 0. The second-order valence-electron chi connectivity index (χ2n) is 12.0. The molecule has 0 unspecified atom stereocenters. The van der Waals surface area contributed by atoms with Crippen molar-refractivity contribution in [2.24, 2.45) is 11.8 Å². The Bertz CT molecular complexity index is 1020. The lowest BCUT2D eigenvalue weighted by molar-refractivity contribution is 0.0283. The van der Waals surface area contributed by atoms with E-state index in [0.29, 0.717) is 39.6 Å². The number of Topliss-reactive ketones (excluding diaryl/α,β-unsaturated/α-hetero) is 2. The molecule has 2 aliphatic heterocycles. The fourth-order valence-corrected chi connectivity index (χ4v) is 5.92. The first-order chi connectivity index (χ1) is 21.6. The molecule has 0 aromatic heterocycles. The summed E-state index contributed by atoms with van der Waals surface area (Å²) in [6.45, 7) is 13.2. The number of ether oxygens (including phenoxy) is 4. The van der Waals surface area contributed by atoms with Gasteiger partial charge in [0.05, 0.1) is 39.6 Å². The Morgan fingerprint density at radius 1 is 0.636 bits per heavy atom. The highest BCUT2D eigenvalue weighted by Crippen LogP contribution is 2.24. The van der Waals surface area contributed by atoms with E-state index in [4.69, 9.17) is 18.9 Å². The van der Waals surface area contributed by atoms with Crippen LogP contribution < -0.4 is 9.47 Å². The van der Waals surface area contributed by atoms with Gasteiger partial charge in [-0.15, -0.1) is 0 Å². The quantitative estimate of drug-likeness (QED) is 0.147. The standard InChI is InChI=1S/C36H52N2O6/c1-3-21-43-33-13-9-29(10-14-33)35(39)31(27-37-17-23-41-24-18-37)7-5-6-8-32(28-38-19-25-42-26-20-38)36(40)30-11-15-34(16-12-30)44-22-4-2/h9-16,31-32H,3-8,17-28H2,1-2H3/t31-,32-/m0/s1. The number of rotatable bonds is 19. The Labute approximate surface area is 264 Å². The van der Waals surface area contributed by atoms with Crippen LogP contribution in [-0.4, -0.2) is 100 Å². The number of nitrogens with zero attached hydrogens (tertiary/aromatic N) is 2. The summed E-state index contributed by atoms with van der Waals surface area (Å²) in [5.41, 5.74) is 1.47. The second kappa shape index (κ2) is 18.9. The van der Waals surface area contributed by atoms with E-state index < -0.39 is 0 Å². The largest absolute Gasteiger partial charge is 0.494 e. The van der Waals surface area contributed by atoms with Crippen molar-refractivity contribution in [3.05, 3.63) is 59.7 Å². The molecule has 2 aliphatic rings. The van der Waals surface area contributed by atoms with Crippen molar-refractivity contribution in [1.82, 2.24) is 9.80 Å². The van der Waals surface area contributed by atoms with Crippen LogP contribution in [0, 0.1) is 11.8 Å². The van der Waals surface area contributed by atoms with Crippen LogP contribution in [0.25, 0.3) is 0 Å². The lowest BCUT2D eigenvalue weighted by Crippen LogP contribution is -2.41. The summed E-state index contributed by atoms with van der Waals surface area (Å²) in [7, 11) is 0. The fraction of sp³-hybridized carbons (Fsp3) is 0.611. The number of benzene rings is 2. The van der Waals surface area contributed by atoms with E-state index in [-0.39, 0.29) is 23.4 Å². The molecule has 0 saturated carbocycles. The smallest absolute Gasteiger partial charge is 0.167 e. The molecular weight excluding hydrogens is 556 g/mol. The molecule has 0 amide bonds. The third-order valence-electron chi connectivity index (χ3n) is 8.48. The zero-order valence-electron chi connectivity index (χ0n) is 26.8. The third kappa shape index (κ3) is 11.0. The summed E-state index contributed by atoms with van der Waals surface area (Å²) in [5.74, 6) is 1.77. The van der Waals surface area contributed by atoms with Gasteiger partial charge < -0.3 is 18.9 Å². The number of morpholine rings is 2. The highest BCUT2D eigenvalue weighted by Gasteiger charge is 2.26. The summed E-state index contributed by atoms with van der Waals surface area (Å²) < 4.78 is 22.5. The number of hydrogen-bond donors (Lipinski definition) is 0. The average molecular weight is 609 g/mol. The van der Waals surface area contributed by atoms with Crippen LogP contribution in [0.4, 0.5) is 0 Å². The van der Waals surface area contributed by atoms with Crippen molar-refractivity contribution in [1.29, 1.82) is 0 Å². The normalized spacial score (nSPS) is 17.6. The van der Waals surface area contributed by atoms with Gasteiger partial charge in [0.2, 0.25) is 0 Å². The van der Waals surface area contributed by atoms with E-state index in [2.05, 4.69) is 23.6 Å². The van der Waals surface area contributed by atoms with Crippen LogP contribution in [0.15, 0.2) is 48.5 Å². The molecule has 2 fully saturated rings. The number of carbonyl (C=O) groups is 2. The molecule has 0 spiro atoms. The molecule has 2 heterocycles. The van der Waals surface area contributed by atoms with Gasteiger partial charge >= 0.3 is 0 Å². The molecule has 2 atom stereocenters. The average Bonchev–Trinajstić information content (AvgIpc) is 3.08. The molecule has 0 radical (unpaired) electrons. The van der Waals surface area contributed by atoms with E-state index in [1.165, 1.54) is 0 Å². The minimum absolute atomic E-state index is 0.0976. The van der Waals surface area contributed by atoms with Crippen LogP contribution in [0.1, 0.15) is 73.1 Å². The topological polar surface area (TPSA) is 77.5 Å². The van der Waals surface area contributed by atoms with Gasteiger partial charge in [-0.3, -0.25) is 19.4 Å². The molecule has 0 aliphatic carbocycles. The molecule has 8 heteroatoms. The Hall–Kier alpha value is -2.78. The second-order valence-corrected chi connectivity index (χ2v) is 12.0. The van der Waals surface area contributed by atoms with E-state index >= 15 is 0 Å². The molecule has 2 saturated heterocycles. The van der Waals surface area contributed by atoms with Gasteiger partial charge in [0.15, 0.2) is 11.6 Å². The van der Waals surface area contributed by atoms with Gasteiger partial charge in [0, 0.05) is 62.2 Å². The zero-order valence-corrected chi connectivity index (χ0v) is 26.8. The number of carbonyl (C=O) groups excluding carboxylic acids is 2. The van der Waals surface area contributed by atoms with E-state index in [1.807, 2.05) is 48.5 Å². The van der Waals surface area contributed by atoms with Crippen LogP contribution in [-0.2, 0) is 9.47 Å². The molecule has 0 N–H and O–H groups in total. The Kier molecular flexibility index (Phi) is 14.6. The molecule has 0 bridgehead atoms. The van der Waals surface area contributed by atoms with E-state index in [1.54, 1.807) is 0 Å². The summed E-state index contributed by atoms with van der Waals surface area (Å²) in [6.07, 6.45) is 5.28. The maximum atomic E-state index is 13.7. The van der Waals surface area contributed by atoms with Gasteiger partial charge in [-0.25, -0.2) is 0 Å². The molecule has 2 aromatic rings. The molecule has 4 rings (SSSR count). The SMILES string of the molecule is CCCOc1ccc(C(=O)[C@@H](CCCC[C@@H](CN2CCOCC2)C(=O)c2ccc(OCCC)cc2)CN2CCOCC2)cc1.